The second kappa shape index (κ2) is 10.8. The summed E-state index contributed by atoms with van der Waals surface area (Å²) in [6.07, 6.45) is 3.96. The third kappa shape index (κ3) is 5.48. The number of benzene rings is 3. The summed E-state index contributed by atoms with van der Waals surface area (Å²) in [6, 6.07) is 18.7. The van der Waals surface area contributed by atoms with Crippen LogP contribution in [-0.4, -0.2) is 46.5 Å². The molecular weight excluding hydrogens is 524 g/mol. The van der Waals surface area contributed by atoms with Crippen molar-refractivity contribution in [2.45, 2.75) is 25.3 Å². The van der Waals surface area contributed by atoms with Crippen molar-refractivity contribution in [1.29, 1.82) is 0 Å². The summed E-state index contributed by atoms with van der Waals surface area (Å²) in [5.41, 5.74) is 4.61. The molecule has 3 heterocycles. The van der Waals surface area contributed by atoms with Gasteiger partial charge in [-0.1, -0.05) is 36.4 Å². The third-order valence-electron chi connectivity index (χ3n) is 7.38. The summed E-state index contributed by atoms with van der Waals surface area (Å²) in [5.74, 6) is -1.68. The van der Waals surface area contributed by atoms with Crippen LogP contribution in [0.15, 0.2) is 77.4 Å². The van der Waals surface area contributed by atoms with Crippen LogP contribution in [0.25, 0.3) is 6.08 Å². The van der Waals surface area contributed by atoms with E-state index in [4.69, 9.17) is 4.99 Å². The molecule has 2 saturated heterocycles. The molecule has 0 aromatic heterocycles. The van der Waals surface area contributed by atoms with Gasteiger partial charge in [-0.15, -0.1) is 0 Å². The summed E-state index contributed by atoms with van der Waals surface area (Å²) in [7, 11) is 0. The van der Waals surface area contributed by atoms with Crippen molar-refractivity contribution in [3.8, 4) is 0 Å². The molecule has 6 rings (SSSR count). The van der Waals surface area contributed by atoms with E-state index in [0.29, 0.717) is 28.2 Å². The van der Waals surface area contributed by atoms with Gasteiger partial charge in [0.05, 0.1) is 16.3 Å². The fraction of sp³-hybridized carbons (Fsp3) is 0.200. The highest BCUT2D eigenvalue weighted by atomic mass is 16.6. The molecule has 11 nitrogen and oxygen atoms in total. The van der Waals surface area contributed by atoms with E-state index in [2.05, 4.69) is 20.9 Å². The van der Waals surface area contributed by atoms with Crippen molar-refractivity contribution < 1.29 is 19.3 Å². The predicted molar refractivity (Wildman–Crippen MR) is 153 cm³/mol. The molecule has 3 aliphatic heterocycles. The highest BCUT2D eigenvalue weighted by Gasteiger charge is 2.36. The lowest BCUT2D eigenvalue weighted by Crippen LogP contribution is -2.22. The number of anilines is 1. The first-order valence-corrected chi connectivity index (χ1v) is 13.3. The molecule has 0 saturated carbocycles. The maximum atomic E-state index is 13.3. The van der Waals surface area contributed by atoms with E-state index in [9.17, 15) is 24.5 Å². The fourth-order valence-corrected chi connectivity index (χ4v) is 5.34. The zero-order chi connectivity index (χ0) is 28.5. The molecule has 206 valence electrons. The molecule has 0 aliphatic carbocycles. The number of hydrogen-bond acceptors (Lipinski definition) is 7. The number of nitro benzene ring substituents is 1. The first kappa shape index (κ1) is 26.1. The average Bonchev–Trinajstić information content (AvgIpc) is 3.67. The van der Waals surface area contributed by atoms with Gasteiger partial charge >= 0.3 is 6.03 Å². The zero-order valence-corrected chi connectivity index (χ0v) is 21.9. The molecular formula is C30H26N6O5. The van der Waals surface area contributed by atoms with Crippen LogP contribution in [0.5, 0.6) is 0 Å². The number of nitrogens with zero attached hydrogens (tertiary/aromatic N) is 3. The first-order valence-electron chi connectivity index (χ1n) is 13.3. The van der Waals surface area contributed by atoms with Gasteiger partial charge in [-0.05, 0) is 66.9 Å². The number of carbonyl (C=O) groups excluding carboxylic acids is 3. The van der Waals surface area contributed by atoms with E-state index in [1.54, 1.807) is 36.4 Å². The molecule has 0 bridgehead atoms. The Kier molecular flexibility index (Phi) is 6.86. The van der Waals surface area contributed by atoms with Crippen molar-refractivity contribution in [3.63, 3.8) is 0 Å². The van der Waals surface area contributed by atoms with Crippen LogP contribution in [0.4, 0.5) is 21.9 Å². The van der Waals surface area contributed by atoms with Crippen molar-refractivity contribution in [1.82, 2.24) is 15.5 Å². The summed E-state index contributed by atoms with van der Waals surface area (Å²) in [5, 5.41) is 19.0. The van der Waals surface area contributed by atoms with Crippen LogP contribution in [0.3, 0.4) is 0 Å². The number of rotatable bonds is 7. The van der Waals surface area contributed by atoms with Crippen LogP contribution < -0.4 is 16.0 Å². The molecule has 3 N–H and O–H groups in total. The Morgan fingerprint density at radius 1 is 0.951 bits per heavy atom. The minimum Gasteiger partial charge on any atom is -0.325 e. The molecule has 11 heteroatoms. The number of urea groups is 1. The highest BCUT2D eigenvalue weighted by Crippen LogP contribution is 2.38. The fourth-order valence-electron chi connectivity index (χ4n) is 5.34. The molecule has 0 spiro atoms. The van der Waals surface area contributed by atoms with Crippen LogP contribution in [-0.2, 0) is 16.1 Å². The maximum absolute atomic E-state index is 13.3. The predicted octanol–water partition coefficient (Wildman–Crippen LogP) is 4.23. The highest BCUT2D eigenvalue weighted by molar-refractivity contribution is 6.24. The minimum absolute atomic E-state index is 0.106. The van der Waals surface area contributed by atoms with Crippen molar-refractivity contribution in [3.05, 3.63) is 105 Å². The second-order valence-corrected chi connectivity index (χ2v) is 10.2. The lowest BCUT2D eigenvalue weighted by molar-refractivity contribution is -0.384. The quantitative estimate of drug-likeness (QED) is 0.132. The largest absolute Gasteiger partial charge is 0.326 e. The second-order valence-electron chi connectivity index (χ2n) is 10.2. The molecule has 3 aromatic carbocycles. The number of amides is 4. The molecule has 4 amide bonds. The first-order chi connectivity index (χ1) is 19.8. The van der Waals surface area contributed by atoms with E-state index in [1.807, 2.05) is 24.3 Å². The van der Waals surface area contributed by atoms with Crippen molar-refractivity contribution in [2.24, 2.45) is 4.99 Å². The van der Waals surface area contributed by atoms with E-state index in [1.165, 1.54) is 25.0 Å². The summed E-state index contributed by atoms with van der Waals surface area (Å²) < 4.78 is 0. The van der Waals surface area contributed by atoms with Gasteiger partial charge in [0.15, 0.2) is 0 Å². The molecule has 3 aliphatic rings. The molecule has 3 aromatic rings. The van der Waals surface area contributed by atoms with Gasteiger partial charge in [0.1, 0.15) is 11.6 Å². The van der Waals surface area contributed by atoms with Gasteiger partial charge in [0.25, 0.3) is 11.6 Å². The Balaban J connectivity index is 1.37. The Morgan fingerprint density at radius 2 is 1.68 bits per heavy atom. The zero-order valence-electron chi connectivity index (χ0n) is 21.9. The number of likely N-dealkylation sites (tertiary alicyclic amines) is 1. The Bertz CT molecular complexity index is 1620. The van der Waals surface area contributed by atoms with Gasteiger partial charge in [0.2, 0.25) is 5.91 Å². The Morgan fingerprint density at radius 3 is 2.34 bits per heavy atom. The summed E-state index contributed by atoms with van der Waals surface area (Å²) >= 11 is 0. The number of imide groups is 1. The van der Waals surface area contributed by atoms with E-state index in [-0.39, 0.29) is 17.3 Å². The van der Waals surface area contributed by atoms with Gasteiger partial charge in [0, 0.05) is 29.9 Å². The van der Waals surface area contributed by atoms with E-state index < -0.39 is 22.8 Å². The van der Waals surface area contributed by atoms with Gasteiger partial charge in [-0.2, -0.15) is 0 Å². The van der Waals surface area contributed by atoms with Crippen LogP contribution in [0.1, 0.15) is 41.0 Å². The molecule has 1 unspecified atom stereocenters. The normalized spacial score (nSPS) is 19.7. The van der Waals surface area contributed by atoms with Crippen LogP contribution in [0, 0.1) is 10.1 Å². The molecule has 0 radical (unpaired) electrons. The number of hydrogen-bond donors (Lipinski definition) is 3. The number of aliphatic imine (C=N–C) groups is 1. The van der Waals surface area contributed by atoms with Gasteiger partial charge < -0.3 is 10.6 Å². The van der Waals surface area contributed by atoms with Crippen molar-refractivity contribution >= 4 is 46.7 Å². The third-order valence-corrected chi connectivity index (χ3v) is 7.38. The van der Waals surface area contributed by atoms with Gasteiger partial charge in [-0.3, -0.25) is 34.9 Å². The van der Waals surface area contributed by atoms with Crippen molar-refractivity contribution in [2.75, 3.05) is 18.4 Å². The lowest BCUT2D eigenvalue weighted by Gasteiger charge is -2.17. The number of carbonyl (C=O) groups is 3. The summed E-state index contributed by atoms with van der Waals surface area (Å²) in [4.78, 5) is 54.8. The number of nitrogens with one attached hydrogen (secondary N) is 3. The van der Waals surface area contributed by atoms with Crippen LogP contribution in [0.2, 0.25) is 0 Å². The summed E-state index contributed by atoms with van der Waals surface area (Å²) in [6.45, 7) is 3.01. The maximum Gasteiger partial charge on any atom is 0.326 e. The van der Waals surface area contributed by atoms with E-state index in [0.717, 1.165) is 30.8 Å². The standard InChI is InChI=1S/C30H26N6O5/c37-28-25(33-30(39)34-28)15-18-5-9-21(10-6-18)31-27(20-7-3-19(4-8-20)17-35-13-1-2-14-35)26-23-16-22(36(40)41)11-12-24(23)32-29(26)38/h3-12,15-16,26H,1-2,13-14,17H2,(H,32,38)(H2,33,34,37,39). The van der Waals surface area contributed by atoms with E-state index >= 15 is 0 Å². The lowest BCUT2D eigenvalue weighted by atomic mass is 9.90. The Labute approximate surface area is 235 Å². The SMILES string of the molecule is O=C1NC(=O)C(=Cc2ccc(N=C(c3ccc(CN4CCCC4)cc3)C3C(=O)Nc4ccc([N+](=O)[O-])cc43)cc2)N1. The topological polar surface area (TPSA) is 146 Å². The average molecular weight is 551 g/mol. The number of fused-ring (bicyclic) bond motifs is 1. The van der Waals surface area contributed by atoms with Crippen LogP contribution >= 0.6 is 0 Å². The minimum atomic E-state index is -0.853. The smallest absolute Gasteiger partial charge is 0.325 e. The number of non-ortho nitro benzene ring substituents is 1. The molecule has 2 fully saturated rings. The monoisotopic (exact) mass is 550 g/mol. The number of nitro groups is 1. The Hall–Kier alpha value is -5.16. The van der Waals surface area contributed by atoms with Gasteiger partial charge in [-0.25, -0.2) is 4.79 Å². The molecule has 41 heavy (non-hydrogen) atoms. The molecule has 1 atom stereocenters.